The van der Waals surface area contributed by atoms with Crippen molar-refractivity contribution in [3.63, 3.8) is 0 Å². The molecule has 0 saturated heterocycles. The van der Waals surface area contributed by atoms with Gasteiger partial charge in [0.1, 0.15) is 5.75 Å². The van der Waals surface area contributed by atoms with Gasteiger partial charge in [-0.2, -0.15) is 9.67 Å². The lowest BCUT2D eigenvalue weighted by molar-refractivity contribution is 0.0807. The molecule has 0 amide bonds. The van der Waals surface area contributed by atoms with Crippen molar-refractivity contribution in [1.82, 2.24) is 14.8 Å². The zero-order valence-electron chi connectivity index (χ0n) is 14.0. The van der Waals surface area contributed by atoms with Crippen LogP contribution in [-0.2, 0) is 0 Å². The number of nitrogens with zero attached hydrogens (tertiary/aromatic N) is 3. The lowest BCUT2D eigenvalue weighted by atomic mass is 9.99. The van der Waals surface area contributed by atoms with E-state index < -0.39 is 0 Å². The second-order valence-corrected chi connectivity index (χ2v) is 5.52. The summed E-state index contributed by atoms with van der Waals surface area (Å²) in [6.07, 6.45) is 3.71. The number of aromatic nitrogens is 3. The Morgan fingerprint density at radius 3 is 2.57 bits per heavy atom. The van der Waals surface area contributed by atoms with Crippen molar-refractivity contribution in [2.24, 2.45) is 5.92 Å². The van der Waals surface area contributed by atoms with Crippen LogP contribution in [0.25, 0.3) is 11.4 Å². The Labute approximate surface area is 136 Å². The molecule has 23 heavy (non-hydrogen) atoms. The maximum Gasteiger partial charge on any atom is 0.253 e. The van der Waals surface area contributed by atoms with Crippen LogP contribution >= 0.6 is 0 Å². The van der Waals surface area contributed by atoms with Crippen LogP contribution in [0.15, 0.2) is 24.3 Å². The summed E-state index contributed by atoms with van der Waals surface area (Å²) in [4.78, 5) is 16.8. The number of hydrogen-bond acceptors (Lipinski definition) is 5. The van der Waals surface area contributed by atoms with Crippen LogP contribution < -0.4 is 10.5 Å². The maximum absolute atomic E-state index is 12.6. The van der Waals surface area contributed by atoms with Gasteiger partial charge in [0, 0.05) is 11.5 Å². The monoisotopic (exact) mass is 316 g/mol. The van der Waals surface area contributed by atoms with Crippen LogP contribution in [0.1, 0.15) is 44.3 Å². The van der Waals surface area contributed by atoms with E-state index in [1.807, 2.05) is 31.2 Å². The first-order valence-corrected chi connectivity index (χ1v) is 8.01. The number of nitrogens with two attached hydrogens (primary N) is 1. The predicted octanol–water partition coefficient (Wildman–Crippen LogP) is 3.39. The molecule has 0 aliphatic rings. The summed E-state index contributed by atoms with van der Waals surface area (Å²) < 4.78 is 6.37. The smallest absolute Gasteiger partial charge is 0.253 e. The number of nitrogen functional groups attached to an aromatic ring is 1. The molecule has 0 fully saturated rings. The summed E-state index contributed by atoms with van der Waals surface area (Å²) >= 11 is 0. The van der Waals surface area contributed by atoms with E-state index in [0.29, 0.717) is 5.82 Å². The fourth-order valence-corrected chi connectivity index (χ4v) is 2.47. The third-order valence-electron chi connectivity index (χ3n) is 3.94. The molecule has 0 aliphatic heterocycles. The summed E-state index contributed by atoms with van der Waals surface area (Å²) in [6, 6.07) is 7.34. The lowest BCUT2D eigenvalue weighted by Crippen LogP contribution is -2.24. The maximum atomic E-state index is 12.6. The van der Waals surface area contributed by atoms with Gasteiger partial charge in [0.25, 0.3) is 5.91 Å². The minimum atomic E-state index is -0.0780. The van der Waals surface area contributed by atoms with Crippen LogP contribution in [0.4, 0.5) is 5.95 Å². The van der Waals surface area contributed by atoms with Crippen LogP contribution in [0.2, 0.25) is 0 Å². The van der Waals surface area contributed by atoms with Gasteiger partial charge in [-0.15, -0.1) is 5.10 Å². The van der Waals surface area contributed by atoms with E-state index in [-0.39, 0.29) is 17.8 Å². The molecule has 0 unspecified atom stereocenters. The Bertz CT molecular complexity index is 649. The molecular weight excluding hydrogens is 292 g/mol. The molecule has 0 aliphatic carbocycles. The van der Waals surface area contributed by atoms with Gasteiger partial charge >= 0.3 is 0 Å². The van der Waals surface area contributed by atoms with E-state index in [1.165, 1.54) is 4.68 Å². The third-order valence-corrected chi connectivity index (χ3v) is 3.94. The quantitative estimate of drug-likeness (QED) is 0.846. The summed E-state index contributed by atoms with van der Waals surface area (Å²) in [5, 5.41) is 4.30. The Kier molecular flexibility index (Phi) is 5.73. The number of benzene rings is 1. The second kappa shape index (κ2) is 7.76. The minimum absolute atomic E-state index is 0.0670. The predicted molar refractivity (Wildman–Crippen MR) is 90.4 cm³/mol. The number of carbonyl (C=O) groups excluding carboxylic acids is 1. The molecule has 2 N–H and O–H groups in total. The fraction of sp³-hybridized carbons (Fsp3) is 0.471. The van der Waals surface area contributed by atoms with E-state index in [4.69, 9.17) is 10.5 Å². The first-order chi connectivity index (χ1) is 11.1. The zero-order valence-corrected chi connectivity index (χ0v) is 14.0. The molecule has 1 aromatic carbocycles. The van der Waals surface area contributed by atoms with Crippen LogP contribution in [-0.4, -0.2) is 27.8 Å². The third kappa shape index (κ3) is 3.88. The van der Waals surface area contributed by atoms with Crippen LogP contribution in [0.5, 0.6) is 5.75 Å². The summed E-state index contributed by atoms with van der Waals surface area (Å²) in [6.45, 7) is 4.12. The normalized spacial score (nSPS) is 12.1. The molecule has 0 spiro atoms. The minimum Gasteiger partial charge on any atom is -0.497 e. The van der Waals surface area contributed by atoms with Gasteiger partial charge in [-0.05, 0) is 37.1 Å². The first kappa shape index (κ1) is 17.0. The second-order valence-electron chi connectivity index (χ2n) is 5.52. The molecule has 0 radical (unpaired) electrons. The molecule has 2 aromatic rings. The Morgan fingerprint density at radius 1 is 1.30 bits per heavy atom. The Balaban J connectivity index is 2.23. The summed E-state index contributed by atoms with van der Waals surface area (Å²) in [5.41, 5.74) is 6.70. The van der Waals surface area contributed by atoms with E-state index in [2.05, 4.69) is 17.0 Å². The molecule has 0 bridgehead atoms. The number of anilines is 1. The van der Waals surface area contributed by atoms with Crippen molar-refractivity contribution < 1.29 is 9.53 Å². The van der Waals surface area contributed by atoms with Gasteiger partial charge in [-0.1, -0.05) is 26.7 Å². The molecular formula is C17H24N4O2. The van der Waals surface area contributed by atoms with E-state index in [9.17, 15) is 4.79 Å². The first-order valence-electron chi connectivity index (χ1n) is 8.01. The Morgan fingerprint density at radius 2 is 2.00 bits per heavy atom. The van der Waals surface area contributed by atoms with Gasteiger partial charge in [0.05, 0.1) is 7.11 Å². The van der Waals surface area contributed by atoms with E-state index in [1.54, 1.807) is 7.11 Å². The standard InChI is InChI=1S/C17H24N4O2/c1-4-6-7-12(5-2)16(22)21-17(18)19-15(20-21)13-8-10-14(23-3)11-9-13/h8-12H,4-7H2,1-3H3,(H2,18,19,20)/t12-/m0/s1. The largest absolute Gasteiger partial charge is 0.497 e. The zero-order chi connectivity index (χ0) is 16.8. The highest BCUT2D eigenvalue weighted by atomic mass is 16.5. The number of methoxy groups -OCH3 is 1. The summed E-state index contributed by atoms with van der Waals surface area (Å²) in [5.74, 6) is 1.19. The van der Waals surface area contributed by atoms with E-state index >= 15 is 0 Å². The van der Waals surface area contributed by atoms with Crippen molar-refractivity contribution in [2.45, 2.75) is 39.5 Å². The summed E-state index contributed by atoms with van der Waals surface area (Å²) in [7, 11) is 1.61. The highest BCUT2D eigenvalue weighted by Crippen LogP contribution is 2.22. The number of unbranched alkanes of at least 4 members (excludes halogenated alkanes) is 1. The molecule has 0 saturated carbocycles. The van der Waals surface area contributed by atoms with Crippen molar-refractivity contribution in [3.05, 3.63) is 24.3 Å². The number of hydrogen-bond donors (Lipinski definition) is 1. The Hall–Kier alpha value is -2.37. The van der Waals surface area contributed by atoms with Gasteiger partial charge in [-0.25, -0.2) is 0 Å². The SMILES string of the molecule is CCCC[C@H](CC)C(=O)n1nc(-c2ccc(OC)cc2)nc1N. The molecule has 6 heteroatoms. The van der Waals surface area contributed by atoms with Crippen LogP contribution in [0, 0.1) is 5.92 Å². The average Bonchev–Trinajstić information content (AvgIpc) is 2.97. The molecule has 6 nitrogen and oxygen atoms in total. The highest BCUT2D eigenvalue weighted by Gasteiger charge is 2.22. The van der Waals surface area contributed by atoms with Crippen molar-refractivity contribution >= 4 is 11.9 Å². The number of ether oxygens (including phenoxy) is 1. The molecule has 1 heterocycles. The van der Waals surface area contributed by atoms with Crippen LogP contribution in [0.3, 0.4) is 0 Å². The highest BCUT2D eigenvalue weighted by molar-refractivity contribution is 5.83. The molecule has 1 atom stereocenters. The average molecular weight is 316 g/mol. The number of carbonyl (C=O) groups is 1. The van der Waals surface area contributed by atoms with Gasteiger partial charge in [0.2, 0.25) is 5.95 Å². The van der Waals surface area contributed by atoms with Crippen molar-refractivity contribution in [1.29, 1.82) is 0 Å². The fourth-order valence-electron chi connectivity index (χ4n) is 2.47. The molecule has 1 aromatic heterocycles. The van der Waals surface area contributed by atoms with E-state index in [0.717, 1.165) is 37.0 Å². The van der Waals surface area contributed by atoms with Crippen molar-refractivity contribution in [2.75, 3.05) is 12.8 Å². The molecule has 2 rings (SSSR count). The topological polar surface area (TPSA) is 83.0 Å². The lowest BCUT2D eigenvalue weighted by Gasteiger charge is -2.12. The van der Waals surface area contributed by atoms with Gasteiger partial charge in [0.15, 0.2) is 5.82 Å². The van der Waals surface area contributed by atoms with Gasteiger partial charge in [-0.3, -0.25) is 4.79 Å². The van der Waals surface area contributed by atoms with Crippen molar-refractivity contribution in [3.8, 4) is 17.1 Å². The number of rotatable bonds is 7. The van der Waals surface area contributed by atoms with Gasteiger partial charge < -0.3 is 10.5 Å². The molecule has 124 valence electrons.